The molecule has 0 aromatic heterocycles. The third kappa shape index (κ3) is 3.05. The summed E-state index contributed by atoms with van der Waals surface area (Å²) in [6, 6.07) is 9.07. The van der Waals surface area contributed by atoms with E-state index in [2.05, 4.69) is 50.4 Å². The standard InChI is InChI=1S/C16H25NO/c1-16(2,3)12-8-10-13(11-9-12)18-15-7-5-6-14(15)17-4/h8-11,14-15,17H,5-7H2,1-4H3. The second kappa shape index (κ2) is 5.31. The SMILES string of the molecule is CNC1CCCC1Oc1ccc(C(C)(C)C)cc1. The highest BCUT2D eigenvalue weighted by atomic mass is 16.5. The van der Waals surface area contributed by atoms with Crippen LogP contribution in [-0.4, -0.2) is 19.2 Å². The number of hydrogen-bond acceptors (Lipinski definition) is 2. The van der Waals surface area contributed by atoms with Crippen molar-refractivity contribution in [3.63, 3.8) is 0 Å². The number of hydrogen-bond donors (Lipinski definition) is 1. The lowest BCUT2D eigenvalue weighted by molar-refractivity contribution is 0.179. The van der Waals surface area contributed by atoms with Crippen molar-refractivity contribution < 1.29 is 4.74 Å². The molecule has 2 nitrogen and oxygen atoms in total. The second-order valence-corrected chi connectivity index (χ2v) is 6.26. The number of nitrogens with one attached hydrogen (secondary N) is 1. The Morgan fingerprint density at radius 1 is 1.11 bits per heavy atom. The van der Waals surface area contributed by atoms with Crippen molar-refractivity contribution in [2.45, 2.75) is 57.6 Å². The summed E-state index contributed by atoms with van der Waals surface area (Å²) in [5.74, 6) is 0.996. The van der Waals surface area contributed by atoms with Crippen molar-refractivity contribution in [1.29, 1.82) is 0 Å². The van der Waals surface area contributed by atoms with Crippen molar-refractivity contribution in [3.8, 4) is 5.75 Å². The average Bonchev–Trinajstić information content (AvgIpc) is 2.76. The molecule has 1 aliphatic rings. The lowest BCUT2D eigenvalue weighted by Crippen LogP contribution is -2.36. The van der Waals surface area contributed by atoms with Gasteiger partial charge in [-0.05, 0) is 49.4 Å². The van der Waals surface area contributed by atoms with Gasteiger partial charge in [-0.15, -0.1) is 0 Å². The highest BCUT2D eigenvalue weighted by molar-refractivity contribution is 5.31. The average molecular weight is 247 g/mol. The first kappa shape index (κ1) is 13.4. The maximum atomic E-state index is 6.08. The van der Waals surface area contributed by atoms with Gasteiger partial charge in [0.2, 0.25) is 0 Å². The van der Waals surface area contributed by atoms with Crippen molar-refractivity contribution in [2.24, 2.45) is 0 Å². The fourth-order valence-corrected chi connectivity index (χ4v) is 2.61. The molecule has 0 heterocycles. The van der Waals surface area contributed by atoms with Crippen molar-refractivity contribution in [2.75, 3.05) is 7.05 Å². The molecule has 2 unspecified atom stereocenters. The van der Waals surface area contributed by atoms with Gasteiger partial charge in [0.05, 0.1) is 0 Å². The van der Waals surface area contributed by atoms with Crippen LogP contribution in [0.4, 0.5) is 0 Å². The van der Waals surface area contributed by atoms with Gasteiger partial charge in [-0.25, -0.2) is 0 Å². The Morgan fingerprint density at radius 2 is 1.78 bits per heavy atom. The molecule has 1 aromatic rings. The van der Waals surface area contributed by atoms with E-state index >= 15 is 0 Å². The molecule has 0 bridgehead atoms. The Hall–Kier alpha value is -1.02. The van der Waals surface area contributed by atoms with Gasteiger partial charge < -0.3 is 10.1 Å². The minimum absolute atomic E-state index is 0.208. The molecule has 2 rings (SSSR count). The van der Waals surface area contributed by atoms with Gasteiger partial charge in [0.15, 0.2) is 0 Å². The lowest BCUT2D eigenvalue weighted by atomic mass is 9.87. The molecule has 18 heavy (non-hydrogen) atoms. The first-order chi connectivity index (χ1) is 8.50. The smallest absolute Gasteiger partial charge is 0.119 e. The zero-order valence-corrected chi connectivity index (χ0v) is 12.0. The number of benzene rings is 1. The predicted molar refractivity (Wildman–Crippen MR) is 76.3 cm³/mol. The molecule has 1 aliphatic carbocycles. The minimum Gasteiger partial charge on any atom is -0.489 e. The van der Waals surface area contributed by atoms with Crippen LogP contribution in [0.3, 0.4) is 0 Å². The summed E-state index contributed by atoms with van der Waals surface area (Å²) in [5.41, 5.74) is 1.56. The van der Waals surface area contributed by atoms with Crippen LogP contribution in [0.2, 0.25) is 0 Å². The molecule has 0 aliphatic heterocycles. The van der Waals surface area contributed by atoms with Crippen LogP contribution in [0, 0.1) is 0 Å². The van der Waals surface area contributed by atoms with Gasteiger partial charge in [0.25, 0.3) is 0 Å². The Balaban J connectivity index is 2.02. The monoisotopic (exact) mass is 247 g/mol. The zero-order valence-electron chi connectivity index (χ0n) is 12.0. The molecule has 0 amide bonds. The molecule has 2 heteroatoms. The van der Waals surface area contributed by atoms with Gasteiger partial charge in [-0.3, -0.25) is 0 Å². The molecular weight excluding hydrogens is 222 g/mol. The van der Waals surface area contributed by atoms with Gasteiger partial charge in [-0.1, -0.05) is 32.9 Å². The Labute approximate surface area is 111 Å². The maximum absolute atomic E-state index is 6.08. The summed E-state index contributed by atoms with van der Waals surface area (Å²) >= 11 is 0. The summed E-state index contributed by atoms with van der Waals surface area (Å²) in [6.45, 7) is 6.70. The van der Waals surface area contributed by atoms with Crippen LogP contribution in [0.25, 0.3) is 0 Å². The number of likely N-dealkylation sites (N-methyl/N-ethyl adjacent to an activating group) is 1. The first-order valence-corrected chi connectivity index (χ1v) is 6.95. The van der Waals surface area contributed by atoms with E-state index in [1.165, 1.54) is 18.4 Å². The largest absolute Gasteiger partial charge is 0.489 e. The first-order valence-electron chi connectivity index (χ1n) is 6.95. The zero-order chi connectivity index (χ0) is 13.2. The van der Waals surface area contributed by atoms with E-state index in [1.807, 2.05) is 7.05 Å². The summed E-state index contributed by atoms with van der Waals surface area (Å²) in [7, 11) is 2.02. The van der Waals surface area contributed by atoms with Crippen LogP contribution in [0.15, 0.2) is 24.3 Å². The van der Waals surface area contributed by atoms with Gasteiger partial charge in [0, 0.05) is 6.04 Å². The van der Waals surface area contributed by atoms with Gasteiger partial charge in [-0.2, -0.15) is 0 Å². The number of ether oxygens (including phenoxy) is 1. The highest BCUT2D eigenvalue weighted by Crippen LogP contribution is 2.27. The highest BCUT2D eigenvalue weighted by Gasteiger charge is 2.27. The molecule has 2 atom stereocenters. The van der Waals surface area contributed by atoms with E-state index in [4.69, 9.17) is 4.74 Å². The molecule has 1 saturated carbocycles. The van der Waals surface area contributed by atoms with E-state index in [1.54, 1.807) is 0 Å². The normalized spacial score (nSPS) is 24.2. The molecule has 0 spiro atoms. The molecule has 100 valence electrons. The Kier molecular flexibility index (Phi) is 3.96. The van der Waals surface area contributed by atoms with E-state index < -0.39 is 0 Å². The second-order valence-electron chi connectivity index (χ2n) is 6.26. The van der Waals surface area contributed by atoms with Crippen LogP contribution >= 0.6 is 0 Å². The summed E-state index contributed by atoms with van der Waals surface area (Å²) in [4.78, 5) is 0. The van der Waals surface area contributed by atoms with E-state index in [9.17, 15) is 0 Å². The predicted octanol–water partition coefficient (Wildman–Crippen LogP) is 3.50. The number of rotatable bonds is 3. The van der Waals surface area contributed by atoms with Crippen LogP contribution < -0.4 is 10.1 Å². The minimum atomic E-state index is 0.208. The quantitative estimate of drug-likeness (QED) is 0.882. The molecule has 0 radical (unpaired) electrons. The van der Waals surface area contributed by atoms with E-state index in [-0.39, 0.29) is 5.41 Å². The summed E-state index contributed by atoms with van der Waals surface area (Å²) < 4.78 is 6.08. The van der Waals surface area contributed by atoms with Crippen molar-refractivity contribution in [3.05, 3.63) is 29.8 Å². The van der Waals surface area contributed by atoms with Crippen LogP contribution in [-0.2, 0) is 5.41 Å². The maximum Gasteiger partial charge on any atom is 0.119 e. The summed E-state index contributed by atoms with van der Waals surface area (Å²) in [6.07, 6.45) is 3.97. The molecule has 1 N–H and O–H groups in total. The molecule has 1 fully saturated rings. The Morgan fingerprint density at radius 3 is 2.33 bits per heavy atom. The van der Waals surface area contributed by atoms with E-state index in [0.717, 1.165) is 12.2 Å². The van der Waals surface area contributed by atoms with Gasteiger partial charge in [0.1, 0.15) is 11.9 Å². The molecule has 0 saturated heterocycles. The van der Waals surface area contributed by atoms with Crippen molar-refractivity contribution >= 4 is 0 Å². The third-order valence-corrected chi connectivity index (χ3v) is 3.83. The fourth-order valence-electron chi connectivity index (χ4n) is 2.61. The fraction of sp³-hybridized carbons (Fsp3) is 0.625. The summed E-state index contributed by atoms with van der Waals surface area (Å²) in [5, 5.41) is 3.34. The van der Waals surface area contributed by atoms with Crippen LogP contribution in [0.5, 0.6) is 5.75 Å². The van der Waals surface area contributed by atoms with Gasteiger partial charge >= 0.3 is 0 Å². The van der Waals surface area contributed by atoms with Crippen LogP contribution in [0.1, 0.15) is 45.6 Å². The van der Waals surface area contributed by atoms with E-state index in [0.29, 0.717) is 12.1 Å². The molecule has 1 aromatic carbocycles. The topological polar surface area (TPSA) is 21.3 Å². The lowest BCUT2D eigenvalue weighted by Gasteiger charge is -2.22. The molecular formula is C16H25NO. The third-order valence-electron chi connectivity index (χ3n) is 3.83. The van der Waals surface area contributed by atoms with Crippen molar-refractivity contribution in [1.82, 2.24) is 5.32 Å². The Bertz CT molecular complexity index is 377.